The van der Waals surface area contributed by atoms with Gasteiger partial charge in [0.15, 0.2) is 0 Å². The molecule has 0 atom stereocenters. The van der Waals surface area contributed by atoms with Crippen LogP contribution in [-0.2, 0) is 27.2 Å². The lowest BCUT2D eigenvalue weighted by Gasteiger charge is -2.32. The van der Waals surface area contributed by atoms with Crippen LogP contribution in [0.1, 0.15) is 62.6 Å². The molecule has 0 bridgehead atoms. The summed E-state index contributed by atoms with van der Waals surface area (Å²) in [5.41, 5.74) is 2.91. The zero-order chi connectivity index (χ0) is 29.7. The molecule has 0 amide bonds. The van der Waals surface area contributed by atoms with E-state index in [0.29, 0.717) is 6.42 Å². The van der Waals surface area contributed by atoms with Crippen molar-refractivity contribution in [3.63, 3.8) is 0 Å². The molecule has 3 aromatic rings. The van der Waals surface area contributed by atoms with Crippen molar-refractivity contribution in [3.8, 4) is 11.5 Å². The van der Waals surface area contributed by atoms with E-state index in [1.165, 1.54) is 44.3 Å². The van der Waals surface area contributed by atoms with Crippen molar-refractivity contribution in [3.05, 3.63) is 65.9 Å². The number of esters is 1. The molecule has 0 aliphatic carbocycles. The summed E-state index contributed by atoms with van der Waals surface area (Å²) in [6.07, 6.45) is 10.1. The molecule has 0 radical (unpaired) electrons. The summed E-state index contributed by atoms with van der Waals surface area (Å²) in [7, 11) is 0. The van der Waals surface area contributed by atoms with E-state index in [4.69, 9.17) is 14.5 Å². The highest BCUT2D eigenvalue weighted by atomic mass is 16.6. The summed E-state index contributed by atoms with van der Waals surface area (Å²) >= 11 is 0. The highest BCUT2D eigenvalue weighted by molar-refractivity contribution is 5.84. The number of hydrogen-bond acceptors (Lipinski definition) is 8. The number of likely N-dealkylation sites (tertiary alicyclic amines) is 2. The van der Waals surface area contributed by atoms with Crippen LogP contribution in [0.5, 0.6) is 11.5 Å². The highest BCUT2D eigenvalue weighted by Gasteiger charge is 2.21. The molecular weight excluding hydrogens is 542 g/mol. The fraction of sp³-hybridized carbons (Fsp3) is 0.514. The van der Waals surface area contributed by atoms with Crippen molar-refractivity contribution < 1.29 is 23.8 Å². The van der Waals surface area contributed by atoms with E-state index in [1.807, 2.05) is 30.3 Å². The Bertz CT molecular complexity index is 1300. The molecule has 2 saturated heterocycles. The van der Waals surface area contributed by atoms with Crippen molar-refractivity contribution >= 4 is 23.3 Å². The average molecular weight is 588 g/mol. The Labute approximate surface area is 255 Å². The molecule has 8 heteroatoms. The van der Waals surface area contributed by atoms with Gasteiger partial charge in [-0.1, -0.05) is 43.2 Å². The van der Waals surface area contributed by atoms with E-state index in [9.17, 15) is 9.59 Å². The van der Waals surface area contributed by atoms with E-state index in [-0.39, 0.29) is 19.0 Å². The van der Waals surface area contributed by atoms with Gasteiger partial charge in [0.2, 0.25) is 0 Å². The summed E-state index contributed by atoms with van der Waals surface area (Å²) < 4.78 is 16.8. The molecule has 0 unspecified atom stereocenters. The molecule has 2 aliphatic rings. The Morgan fingerprint density at radius 3 is 2.40 bits per heavy atom. The number of rotatable bonds is 14. The van der Waals surface area contributed by atoms with E-state index in [2.05, 4.69) is 38.8 Å². The molecule has 2 aromatic carbocycles. The maximum absolute atomic E-state index is 11.6. The van der Waals surface area contributed by atoms with Gasteiger partial charge in [-0.3, -0.25) is 9.59 Å². The number of aryl methyl sites for hydroxylation is 1. The molecule has 0 saturated carbocycles. The van der Waals surface area contributed by atoms with Crippen LogP contribution in [0.15, 0.2) is 54.6 Å². The van der Waals surface area contributed by atoms with Crippen LogP contribution in [0.2, 0.25) is 0 Å². The molecule has 3 heterocycles. The third kappa shape index (κ3) is 9.76. The van der Waals surface area contributed by atoms with Crippen LogP contribution in [0.4, 0.5) is 0 Å². The Morgan fingerprint density at radius 2 is 1.63 bits per heavy atom. The molecule has 2 aliphatic heterocycles. The van der Waals surface area contributed by atoms with Crippen LogP contribution in [-0.4, -0.2) is 79.2 Å². The first kappa shape index (κ1) is 31.0. The van der Waals surface area contributed by atoms with Gasteiger partial charge in [0, 0.05) is 43.7 Å². The van der Waals surface area contributed by atoms with Crippen molar-refractivity contribution in [2.24, 2.45) is 0 Å². The largest absolute Gasteiger partial charge is 0.494 e. The number of aromatic nitrogens is 1. The second kappa shape index (κ2) is 16.4. The second-order valence-electron chi connectivity index (χ2n) is 11.7. The van der Waals surface area contributed by atoms with Crippen molar-refractivity contribution in [1.82, 2.24) is 14.8 Å². The summed E-state index contributed by atoms with van der Waals surface area (Å²) in [6, 6.07) is 18.5. The number of piperidine rings is 1. The summed E-state index contributed by atoms with van der Waals surface area (Å²) in [6.45, 7) is 7.62. The van der Waals surface area contributed by atoms with Gasteiger partial charge in [0.05, 0.1) is 13.0 Å². The lowest BCUT2D eigenvalue weighted by Crippen LogP contribution is -2.39. The monoisotopic (exact) mass is 587 g/mol. The topological polar surface area (TPSA) is 81.2 Å². The molecule has 0 N–H and O–H groups in total. The minimum Gasteiger partial charge on any atom is -0.494 e. The van der Waals surface area contributed by atoms with Gasteiger partial charge in [0.25, 0.3) is 0 Å². The first-order valence-electron chi connectivity index (χ1n) is 16.0. The summed E-state index contributed by atoms with van der Waals surface area (Å²) in [4.78, 5) is 31.8. The molecule has 1 aromatic heterocycles. The minimum atomic E-state index is -0.552. The third-order valence-corrected chi connectivity index (χ3v) is 8.56. The molecular formula is C35H45N3O5. The normalized spacial score (nSPS) is 16.9. The van der Waals surface area contributed by atoms with Gasteiger partial charge in [-0.05, 0) is 81.4 Å². The van der Waals surface area contributed by atoms with Crippen LogP contribution in [0.3, 0.4) is 0 Å². The summed E-state index contributed by atoms with van der Waals surface area (Å²) in [5, 5.41) is 0.999. The number of benzene rings is 2. The van der Waals surface area contributed by atoms with Gasteiger partial charge in [-0.15, -0.1) is 0 Å². The van der Waals surface area contributed by atoms with E-state index >= 15 is 0 Å². The lowest BCUT2D eigenvalue weighted by atomic mass is 10.1. The molecule has 43 heavy (non-hydrogen) atoms. The number of para-hydroxylation sites is 1. The molecule has 2 fully saturated rings. The van der Waals surface area contributed by atoms with E-state index < -0.39 is 5.97 Å². The molecule has 230 valence electrons. The smallest absolute Gasteiger partial charge is 0.313 e. The van der Waals surface area contributed by atoms with Crippen LogP contribution in [0, 0.1) is 0 Å². The zero-order valence-corrected chi connectivity index (χ0v) is 25.3. The maximum atomic E-state index is 11.6. The van der Waals surface area contributed by atoms with Gasteiger partial charge >= 0.3 is 12.4 Å². The molecule has 0 spiro atoms. The average Bonchev–Trinajstić information content (AvgIpc) is 3.32. The predicted molar refractivity (Wildman–Crippen MR) is 167 cm³/mol. The number of carbonyl (C=O) groups excluding carboxylic acids is 2. The van der Waals surface area contributed by atoms with Gasteiger partial charge in [-0.25, -0.2) is 4.98 Å². The zero-order valence-electron chi connectivity index (χ0n) is 25.3. The maximum Gasteiger partial charge on any atom is 0.313 e. The lowest BCUT2D eigenvalue weighted by molar-refractivity contribution is -0.151. The van der Waals surface area contributed by atoms with Crippen LogP contribution < -0.4 is 9.47 Å². The number of carbonyl (C=O) groups is 2. The fourth-order valence-electron chi connectivity index (χ4n) is 6.05. The first-order valence-corrected chi connectivity index (χ1v) is 16.0. The Hall–Kier alpha value is -3.49. The molecule has 8 nitrogen and oxygen atoms in total. The second-order valence-corrected chi connectivity index (χ2v) is 11.7. The quantitative estimate of drug-likeness (QED) is 0.104. The van der Waals surface area contributed by atoms with Crippen LogP contribution >= 0.6 is 0 Å². The summed E-state index contributed by atoms with van der Waals surface area (Å²) in [5.74, 6) is 1.19. The SMILES string of the molecule is O=COC(=O)CCc1ccc2cccc(OC3CCN(CCc4ccc(OCCCN5CCCCCC5)cc4)CC3)c2n1. The van der Waals surface area contributed by atoms with E-state index in [1.54, 1.807) is 0 Å². The van der Waals surface area contributed by atoms with Crippen molar-refractivity contribution in [1.29, 1.82) is 0 Å². The predicted octanol–water partition coefficient (Wildman–Crippen LogP) is 5.60. The van der Waals surface area contributed by atoms with Crippen molar-refractivity contribution in [2.75, 3.05) is 45.9 Å². The fourth-order valence-corrected chi connectivity index (χ4v) is 6.05. The highest BCUT2D eigenvalue weighted by Crippen LogP contribution is 2.27. The Kier molecular flexibility index (Phi) is 11.8. The standard InChI is InChI=1S/C35H45N3O5/c39-27-42-34(40)16-13-30-12-11-29-7-5-8-33(35(29)36-30)43-32-18-24-38(25-19-32)23-17-28-9-14-31(15-10-28)41-26-6-22-37-20-3-1-2-4-21-37/h5,7-12,14-15,27,32H,1-4,6,13,16-26H2. The third-order valence-electron chi connectivity index (χ3n) is 8.56. The number of hydrogen-bond donors (Lipinski definition) is 0. The minimum absolute atomic E-state index is 0.107. The van der Waals surface area contributed by atoms with Gasteiger partial charge in [-0.2, -0.15) is 0 Å². The van der Waals surface area contributed by atoms with E-state index in [0.717, 1.165) is 86.6 Å². The number of fused-ring (bicyclic) bond motifs is 1. The van der Waals surface area contributed by atoms with Crippen molar-refractivity contribution in [2.45, 2.75) is 70.3 Å². The first-order chi connectivity index (χ1) is 21.2. The number of nitrogens with zero attached hydrogens (tertiary/aromatic N) is 3. The Balaban J connectivity index is 1.02. The number of pyridine rings is 1. The molecule has 5 rings (SSSR count). The van der Waals surface area contributed by atoms with Crippen LogP contribution in [0.25, 0.3) is 10.9 Å². The van der Waals surface area contributed by atoms with Gasteiger partial charge < -0.3 is 24.0 Å². The number of ether oxygens (including phenoxy) is 3. The van der Waals surface area contributed by atoms with Gasteiger partial charge in [0.1, 0.15) is 23.1 Å². The Morgan fingerprint density at radius 1 is 0.860 bits per heavy atom.